The normalized spacial score (nSPS) is 11.8. The zero-order valence-corrected chi connectivity index (χ0v) is 34.7. The summed E-state index contributed by atoms with van der Waals surface area (Å²) in [7, 11) is 0. The van der Waals surface area contributed by atoms with Crippen LogP contribution in [0, 0.1) is 0 Å². The zero-order chi connectivity index (χ0) is 41.4. The van der Waals surface area contributed by atoms with Crippen molar-refractivity contribution in [3.05, 3.63) is 212 Å². The number of hydrogen-bond donors (Lipinski definition) is 0. The predicted molar refractivity (Wildman–Crippen MR) is 263 cm³/mol. The fourth-order valence-electron chi connectivity index (χ4n) is 9.53. The molecule has 9 aromatic carbocycles. The van der Waals surface area contributed by atoms with Crippen LogP contribution >= 0.6 is 11.3 Å². The topological polar surface area (TPSA) is 48.5 Å². The van der Waals surface area contributed by atoms with Crippen molar-refractivity contribution in [3.8, 4) is 56.7 Å². The number of aromatic nitrogens is 5. The van der Waals surface area contributed by atoms with Crippen molar-refractivity contribution >= 4 is 75.1 Å². The van der Waals surface area contributed by atoms with Crippen molar-refractivity contribution in [3.63, 3.8) is 0 Å². The van der Waals surface area contributed by atoms with E-state index in [4.69, 9.17) is 15.0 Å². The molecule has 4 heterocycles. The Bertz CT molecular complexity index is 3840. The summed E-state index contributed by atoms with van der Waals surface area (Å²) in [4.78, 5) is 14.9. The number of benzene rings is 9. The van der Waals surface area contributed by atoms with Crippen molar-refractivity contribution in [2.75, 3.05) is 0 Å². The highest BCUT2D eigenvalue weighted by molar-refractivity contribution is 7.26. The van der Waals surface area contributed by atoms with E-state index in [1.807, 2.05) is 72.0 Å². The monoisotopic (exact) mass is 821 g/mol. The van der Waals surface area contributed by atoms with Crippen LogP contribution in [0.25, 0.3) is 120 Å². The van der Waals surface area contributed by atoms with E-state index in [2.05, 4.69) is 161 Å². The maximum absolute atomic E-state index is 5.01. The van der Waals surface area contributed by atoms with Crippen molar-refractivity contribution in [2.45, 2.75) is 0 Å². The second-order valence-corrected chi connectivity index (χ2v) is 17.0. The molecule has 0 aliphatic heterocycles. The molecule has 13 rings (SSSR count). The van der Waals surface area contributed by atoms with Crippen LogP contribution in [0.3, 0.4) is 0 Å². The SMILES string of the molecule is c1ccc(-c2nc(-c3ccccc3)nc(-c3ccc(-n4c5ccccc5c5cccc(-c6ccc7c(c6)c6ccccc6n7-c6cccc7c6sc6ccccc67)c54)cc3)n2)cc1. The van der Waals surface area contributed by atoms with E-state index in [0.29, 0.717) is 17.5 Å². The van der Waals surface area contributed by atoms with Gasteiger partial charge in [-0.25, -0.2) is 15.0 Å². The number of rotatable bonds is 6. The lowest BCUT2D eigenvalue weighted by atomic mass is 10.00. The first-order valence-electron chi connectivity index (χ1n) is 21.2. The Labute approximate surface area is 366 Å². The summed E-state index contributed by atoms with van der Waals surface area (Å²) in [5.74, 6) is 1.92. The zero-order valence-electron chi connectivity index (χ0n) is 33.9. The van der Waals surface area contributed by atoms with Crippen molar-refractivity contribution in [1.29, 1.82) is 0 Å². The second kappa shape index (κ2) is 14.2. The van der Waals surface area contributed by atoms with E-state index in [1.54, 1.807) is 0 Å². The van der Waals surface area contributed by atoms with Crippen molar-refractivity contribution in [1.82, 2.24) is 24.1 Å². The molecule has 0 amide bonds. The standard InChI is InChI=1S/C57H35N5S/c1-3-15-36(16-4-1)55-58-56(37-17-5-2-6-18-37)60-57(59-55)38-29-32-40(33-30-38)61-48-25-10-7-19-42(48)45-23-13-22-41(53(45)61)39-31-34-50-47(35-39)43-20-8-11-26-49(43)62(50)51-27-14-24-46-44-21-9-12-28-52(44)63-54(46)51/h1-35H. The third-order valence-corrected chi connectivity index (χ3v) is 13.6. The lowest BCUT2D eigenvalue weighted by Crippen LogP contribution is -2.00. The van der Waals surface area contributed by atoms with Crippen molar-refractivity contribution in [2.24, 2.45) is 0 Å². The molecule has 0 fully saturated rings. The van der Waals surface area contributed by atoms with Crippen LogP contribution in [-0.4, -0.2) is 24.1 Å². The molecule has 5 nitrogen and oxygen atoms in total. The molecular formula is C57H35N5S. The molecule has 0 N–H and O–H groups in total. The van der Waals surface area contributed by atoms with Gasteiger partial charge in [-0.05, 0) is 66.2 Å². The van der Waals surface area contributed by atoms with Crippen LogP contribution in [0.2, 0.25) is 0 Å². The molecule has 6 heteroatoms. The number of para-hydroxylation sites is 3. The Kier molecular flexibility index (Phi) is 8.01. The summed E-state index contributed by atoms with van der Waals surface area (Å²) >= 11 is 1.87. The molecule has 0 bridgehead atoms. The maximum atomic E-state index is 5.01. The first kappa shape index (κ1) is 35.6. The van der Waals surface area contributed by atoms with Crippen LogP contribution in [0.5, 0.6) is 0 Å². The Hall–Kier alpha value is -8.19. The number of fused-ring (bicyclic) bond motifs is 9. The fourth-order valence-corrected chi connectivity index (χ4v) is 10.7. The third-order valence-electron chi connectivity index (χ3n) is 12.4. The molecule has 0 unspecified atom stereocenters. The van der Waals surface area contributed by atoms with Gasteiger partial charge in [-0.15, -0.1) is 11.3 Å². The second-order valence-electron chi connectivity index (χ2n) is 16.0. The third kappa shape index (κ3) is 5.66. The number of hydrogen-bond acceptors (Lipinski definition) is 4. The van der Waals surface area contributed by atoms with Crippen LogP contribution in [0.4, 0.5) is 0 Å². The molecule has 4 aromatic heterocycles. The largest absolute Gasteiger partial charge is 0.309 e. The van der Waals surface area contributed by atoms with Gasteiger partial charge in [0.05, 0.1) is 32.5 Å². The minimum atomic E-state index is 0.633. The van der Waals surface area contributed by atoms with Gasteiger partial charge in [-0.2, -0.15) is 0 Å². The Morgan fingerprint density at radius 3 is 1.54 bits per heavy atom. The lowest BCUT2D eigenvalue weighted by Gasteiger charge is -2.13. The number of nitrogens with zero attached hydrogens (tertiary/aromatic N) is 5. The molecule has 0 radical (unpaired) electrons. The van der Waals surface area contributed by atoms with Crippen LogP contribution in [0.15, 0.2) is 212 Å². The minimum Gasteiger partial charge on any atom is -0.309 e. The van der Waals surface area contributed by atoms with E-state index < -0.39 is 0 Å². The highest BCUT2D eigenvalue weighted by Crippen LogP contribution is 2.43. The predicted octanol–water partition coefficient (Wildman–Crippen LogP) is 15.1. The molecule has 0 saturated carbocycles. The van der Waals surface area contributed by atoms with E-state index in [-0.39, 0.29) is 0 Å². The Morgan fingerprint density at radius 1 is 0.333 bits per heavy atom. The Morgan fingerprint density at radius 2 is 0.841 bits per heavy atom. The molecule has 13 aromatic rings. The van der Waals surface area contributed by atoms with Gasteiger partial charge < -0.3 is 9.13 Å². The van der Waals surface area contributed by atoms with E-state index >= 15 is 0 Å². The molecule has 0 saturated heterocycles. The van der Waals surface area contributed by atoms with Crippen LogP contribution in [-0.2, 0) is 0 Å². The van der Waals surface area contributed by atoms with E-state index in [1.165, 1.54) is 75.1 Å². The maximum Gasteiger partial charge on any atom is 0.164 e. The molecule has 294 valence electrons. The van der Waals surface area contributed by atoms with Gasteiger partial charge in [-0.3, -0.25) is 0 Å². The summed E-state index contributed by atoms with van der Waals surface area (Å²) < 4.78 is 7.48. The van der Waals surface area contributed by atoms with Gasteiger partial charge in [0.25, 0.3) is 0 Å². The summed E-state index contributed by atoms with van der Waals surface area (Å²) in [5, 5.41) is 7.49. The smallest absolute Gasteiger partial charge is 0.164 e. The average molecular weight is 822 g/mol. The van der Waals surface area contributed by atoms with Gasteiger partial charge in [-0.1, -0.05) is 152 Å². The van der Waals surface area contributed by atoms with Gasteiger partial charge >= 0.3 is 0 Å². The van der Waals surface area contributed by atoms with E-state index in [9.17, 15) is 0 Å². The fraction of sp³-hybridized carbons (Fsp3) is 0. The minimum absolute atomic E-state index is 0.633. The quantitative estimate of drug-likeness (QED) is 0.168. The highest BCUT2D eigenvalue weighted by Gasteiger charge is 2.21. The van der Waals surface area contributed by atoms with E-state index in [0.717, 1.165) is 27.9 Å². The Balaban J connectivity index is 0.975. The first-order valence-corrected chi connectivity index (χ1v) is 22.0. The van der Waals surface area contributed by atoms with Gasteiger partial charge in [0.2, 0.25) is 0 Å². The molecular weight excluding hydrogens is 787 g/mol. The highest BCUT2D eigenvalue weighted by atomic mass is 32.1. The van der Waals surface area contributed by atoms with Crippen LogP contribution < -0.4 is 0 Å². The van der Waals surface area contributed by atoms with Gasteiger partial charge in [0.1, 0.15) is 0 Å². The summed E-state index contributed by atoms with van der Waals surface area (Å²) in [6.45, 7) is 0. The van der Waals surface area contributed by atoms with Gasteiger partial charge in [0.15, 0.2) is 17.5 Å². The first-order chi connectivity index (χ1) is 31.2. The van der Waals surface area contributed by atoms with Crippen molar-refractivity contribution < 1.29 is 0 Å². The van der Waals surface area contributed by atoms with Crippen LogP contribution in [0.1, 0.15) is 0 Å². The van der Waals surface area contributed by atoms with Gasteiger partial charge in [0, 0.05) is 65.0 Å². The molecule has 0 aliphatic carbocycles. The molecule has 0 aliphatic rings. The molecule has 63 heavy (non-hydrogen) atoms. The summed E-state index contributed by atoms with van der Waals surface area (Å²) in [6, 6.07) is 75.7. The molecule has 0 atom stereocenters. The summed E-state index contributed by atoms with van der Waals surface area (Å²) in [6.07, 6.45) is 0. The summed E-state index contributed by atoms with van der Waals surface area (Å²) in [5.41, 5.74) is 12.2. The molecule has 0 spiro atoms. The average Bonchev–Trinajstić information content (AvgIpc) is 4.02. The lowest BCUT2D eigenvalue weighted by molar-refractivity contribution is 1.07. The number of thiophene rings is 1.